The average Bonchev–Trinajstić information content (AvgIpc) is 3.07. The Bertz CT molecular complexity index is 701. The lowest BCUT2D eigenvalue weighted by Crippen LogP contribution is -2.35. The third-order valence-corrected chi connectivity index (χ3v) is 3.91. The number of nitrogens with one attached hydrogen (secondary N) is 1. The van der Waals surface area contributed by atoms with Gasteiger partial charge >= 0.3 is 0 Å². The second-order valence-corrected chi connectivity index (χ2v) is 5.73. The van der Waals surface area contributed by atoms with Crippen LogP contribution in [0.4, 0.5) is 0 Å². The maximum Gasteiger partial charge on any atom is 0.287 e. The van der Waals surface area contributed by atoms with Crippen molar-refractivity contribution in [3.8, 4) is 0 Å². The molecule has 0 fully saturated rings. The molecular weight excluding hydrogens is 282 g/mol. The van der Waals surface area contributed by atoms with Crippen LogP contribution in [-0.4, -0.2) is 27.5 Å². The van der Waals surface area contributed by atoms with E-state index < -0.39 is 0 Å². The van der Waals surface area contributed by atoms with Gasteiger partial charge in [-0.1, -0.05) is 0 Å². The van der Waals surface area contributed by atoms with Crippen LogP contribution in [0.15, 0.2) is 22.9 Å². The topological polar surface area (TPSA) is 77.1 Å². The van der Waals surface area contributed by atoms with Gasteiger partial charge in [-0.3, -0.25) is 14.3 Å². The van der Waals surface area contributed by atoms with Gasteiger partial charge in [0.15, 0.2) is 11.5 Å². The van der Waals surface area contributed by atoms with Crippen molar-refractivity contribution in [1.29, 1.82) is 0 Å². The van der Waals surface area contributed by atoms with Crippen LogP contribution in [0.25, 0.3) is 0 Å². The zero-order chi connectivity index (χ0) is 15.7. The molecule has 1 unspecified atom stereocenters. The maximum atomic E-state index is 12.4. The number of hydrogen-bond donors (Lipinski definition) is 1. The van der Waals surface area contributed by atoms with E-state index >= 15 is 0 Å². The molecule has 6 nitrogen and oxygen atoms in total. The van der Waals surface area contributed by atoms with Crippen LogP contribution in [0.3, 0.4) is 0 Å². The second-order valence-electron chi connectivity index (χ2n) is 5.73. The van der Waals surface area contributed by atoms with Crippen molar-refractivity contribution in [2.75, 3.05) is 0 Å². The lowest BCUT2D eigenvalue weighted by molar-refractivity contribution is 0.0902. The van der Waals surface area contributed by atoms with Crippen molar-refractivity contribution in [3.05, 3.63) is 41.1 Å². The summed E-state index contributed by atoms with van der Waals surface area (Å²) in [4.78, 5) is 24.4. The largest absolute Gasteiger partial charge is 0.455 e. The summed E-state index contributed by atoms with van der Waals surface area (Å²) in [6.07, 6.45) is 5.58. The van der Waals surface area contributed by atoms with Gasteiger partial charge in [0.2, 0.25) is 0 Å². The highest BCUT2D eigenvalue weighted by Crippen LogP contribution is 2.29. The Hall–Kier alpha value is -2.37. The summed E-state index contributed by atoms with van der Waals surface area (Å²) in [5.41, 5.74) is 1.26. The first-order valence-corrected chi connectivity index (χ1v) is 7.50. The molecule has 0 aromatic carbocycles. The second kappa shape index (κ2) is 5.79. The van der Waals surface area contributed by atoms with E-state index in [0.717, 1.165) is 12.8 Å². The molecule has 0 bridgehead atoms. The molecule has 2 aromatic heterocycles. The molecule has 0 spiro atoms. The normalized spacial score (nSPS) is 15.5. The Labute approximate surface area is 128 Å². The SMILES string of the molecule is Cc1c(C(=O)NC(C)Cn2cccn2)oc2c1C(=O)CCC2. The fraction of sp³-hybridized carbons (Fsp3) is 0.438. The minimum atomic E-state index is -0.278. The number of carbonyl (C=O) groups excluding carboxylic acids is 2. The van der Waals surface area contributed by atoms with Gasteiger partial charge in [0.05, 0.1) is 12.1 Å². The zero-order valence-corrected chi connectivity index (χ0v) is 12.8. The molecular formula is C16H19N3O3. The van der Waals surface area contributed by atoms with E-state index in [0.29, 0.717) is 29.9 Å². The number of carbonyl (C=O) groups is 2. The van der Waals surface area contributed by atoms with Crippen LogP contribution in [0.5, 0.6) is 0 Å². The Morgan fingerprint density at radius 2 is 2.32 bits per heavy atom. The van der Waals surface area contributed by atoms with E-state index in [2.05, 4.69) is 10.4 Å². The molecule has 6 heteroatoms. The Balaban J connectivity index is 1.74. The smallest absolute Gasteiger partial charge is 0.287 e. The summed E-state index contributed by atoms with van der Waals surface area (Å²) in [7, 11) is 0. The van der Waals surface area contributed by atoms with Crippen molar-refractivity contribution in [2.24, 2.45) is 0 Å². The summed E-state index contributed by atoms with van der Waals surface area (Å²) in [6.45, 7) is 4.26. The van der Waals surface area contributed by atoms with Crippen molar-refractivity contribution in [2.45, 2.75) is 45.7 Å². The first kappa shape index (κ1) is 14.6. The fourth-order valence-corrected chi connectivity index (χ4v) is 2.89. The predicted octanol–water partition coefficient (Wildman–Crippen LogP) is 2.12. The lowest BCUT2D eigenvalue weighted by atomic mass is 9.94. The third-order valence-electron chi connectivity index (χ3n) is 3.91. The zero-order valence-electron chi connectivity index (χ0n) is 12.8. The molecule has 3 rings (SSSR count). The number of hydrogen-bond acceptors (Lipinski definition) is 4. The van der Waals surface area contributed by atoms with Crippen molar-refractivity contribution >= 4 is 11.7 Å². The number of nitrogens with zero attached hydrogens (tertiary/aromatic N) is 2. The molecule has 1 aliphatic carbocycles. The number of ketones is 1. The van der Waals surface area contributed by atoms with Gasteiger partial charge in [-0.15, -0.1) is 0 Å². The van der Waals surface area contributed by atoms with Gasteiger partial charge in [0.1, 0.15) is 5.76 Å². The molecule has 2 heterocycles. The van der Waals surface area contributed by atoms with Gasteiger partial charge < -0.3 is 9.73 Å². The predicted molar refractivity (Wildman–Crippen MR) is 79.9 cm³/mol. The number of Topliss-reactive ketones (excluding diaryl/α,β-unsaturated/α-hetero) is 1. The van der Waals surface area contributed by atoms with Gasteiger partial charge in [0, 0.05) is 36.8 Å². The van der Waals surface area contributed by atoms with Gasteiger partial charge in [-0.25, -0.2) is 0 Å². The highest BCUT2D eigenvalue weighted by atomic mass is 16.4. The molecule has 22 heavy (non-hydrogen) atoms. The number of fused-ring (bicyclic) bond motifs is 1. The summed E-state index contributed by atoms with van der Waals surface area (Å²) in [5.74, 6) is 0.705. The number of aryl methyl sites for hydroxylation is 1. The average molecular weight is 301 g/mol. The number of aromatic nitrogens is 2. The summed E-state index contributed by atoms with van der Waals surface area (Å²) in [6, 6.07) is 1.75. The van der Waals surface area contributed by atoms with E-state index in [1.807, 2.05) is 19.2 Å². The van der Waals surface area contributed by atoms with Crippen LogP contribution in [-0.2, 0) is 13.0 Å². The Morgan fingerprint density at radius 1 is 1.50 bits per heavy atom. The van der Waals surface area contributed by atoms with Gasteiger partial charge in [0.25, 0.3) is 5.91 Å². The Morgan fingerprint density at radius 3 is 3.00 bits per heavy atom. The van der Waals surface area contributed by atoms with Gasteiger partial charge in [-0.2, -0.15) is 5.10 Å². The minimum absolute atomic E-state index is 0.0751. The van der Waals surface area contributed by atoms with Crippen molar-refractivity contribution < 1.29 is 14.0 Å². The molecule has 0 radical (unpaired) electrons. The highest BCUT2D eigenvalue weighted by Gasteiger charge is 2.29. The van der Waals surface area contributed by atoms with E-state index in [4.69, 9.17) is 4.42 Å². The molecule has 0 saturated carbocycles. The van der Waals surface area contributed by atoms with E-state index in [9.17, 15) is 9.59 Å². The number of rotatable bonds is 4. The third kappa shape index (κ3) is 2.68. The van der Waals surface area contributed by atoms with E-state index in [1.54, 1.807) is 17.8 Å². The molecule has 0 aliphatic heterocycles. The van der Waals surface area contributed by atoms with Crippen LogP contribution in [0.1, 0.15) is 52.0 Å². The fourth-order valence-electron chi connectivity index (χ4n) is 2.89. The molecule has 0 saturated heterocycles. The standard InChI is InChI=1S/C16H19N3O3/c1-10(9-19-8-4-7-17-19)18-16(21)15-11(2)14-12(20)5-3-6-13(14)22-15/h4,7-8,10H,3,5-6,9H2,1-2H3,(H,18,21). The van der Waals surface area contributed by atoms with Crippen LogP contribution < -0.4 is 5.32 Å². The quantitative estimate of drug-likeness (QED) is 0.938. The first-order chi connectivity index (χ1) is 10.6. The maximum absolute atomic E-state index is 12.4. The minimum Gasteiger partial charge on any atom is -0.455 e. The highest BCUT2D eigenvalue weighted by molar-refractivity contribution is 6.03. The number of amides is 1. The lowest BCUT2D eigenvalue weighted by Gasteiger charge is -2.13. The first-order valence-electron chi connectivity index (χ1n) is 7.50. The molecule has 1 amide bonds. The molecule has 1 N–H and O–H groups in total. The van der Waals surface area contributed by atoms with Crippen molar-refractivity contribution in [3.63, 3.8) is 0 Å². The molecule has 2 aromatic rings. The van der Waals surface area contributed by atoms with Crippen LogP contribution in [0, 0.1) is 6.92 Å². The van der Waals surface area contributed by atoms with Gasteiger partial charge in [-0.05, 0) is 26.3 Å². The number of furan rings is 1. The molecule has 116 valence electrons. The monoisotopic (exact) mass is 301 g/mol. The summed E-state index contributed by atoms with van der Waals surface area (Å²) >= 11 is 0. The summed E-state index contributed by atoms with van der Waals surface area (Å²) in [5, 5.41) is 7.01. The van der Waals surface area contributed by atoms with Crippen LogP contribution >= 0.6 is 0 Å². The molecule has 1 aliphatic rings. The van der Waals surface area contributed by atoms with E-state index in [1.165, 1.54) is 0 Å². The molecule has 1 atom stereocenters. The van der Waals surface area contributed by atoms with E-state index in [-0.39, 0.29) is 23.5 Å². The van der Waals surface area contributed by atoms with Crippen LogP contribution in [0.2, 0.25) is 0 Å². The summed E-state index contributed by atoms with van der Waals surface area (Å²) < 4.78 is 7.41. The Kier molecular flexibility index (Phi) is 3.83. The van der Waals surface area contributed by atoms with Crippen molar-refractivity contribution in [1.82, 2.24) is 15.1 Å².